The zero-order valence-corrected chi connectivity index (χ0v) is 14.9. The topological polar surface area (TPSA) is 86.4 Å². The monoisotopic (exact) mass is 381 g/mol. The fraction of sp³-hybridized carbons (Fsp3) is 0.263. The number of alkyl halides is 2. The summed E-state index contributed by atoms with van der Waals surface area (Å²) in [6.45, 7) is 0.544. The number of halogens is 2. The molecule has 0 radical (unpaired) electrons. The van der Waals surface area contributed by atoms with Gasteiger partial charge in [0, 0.05) is 49.1 Å². The molecule has 0 unspecified atom stereocenters. The number of rotatable bonds is 3. The van der Waals surface area contributed by atoms with Crippen molar-refractivity contribution in [3.05, 3.63) is 42.9 Å². The van der Waals surface area contributed by atoms with Crippen molar-refractivity contribution in [1.82, 2.24) is 30.4 Å². The summed E-state index contributed by atoms with van der Waals surface area (Å²) in [5.74, 6) is -1.95. The van der Waals surface area contributed by atoms with Gasteiger partial charge in [0.15, 0.2) is 0 Å². The van der Waals surface area contributed by atoms with Gasteiger partial charge in [-0.15, -0.1) is 0 Å². The summed E-state index contributed by atoms with van der Waals surface area (Å²) in [4.78, 5) is 10.5. The zero-order chi connectivity index (χ0) is 19.1. The molecule has 142 valence electrons. The average Bonchev–Trinajstić information content (AvgIpc) is 3.37. The van der Waals surface area contributed by atoms with Crippen LogP contribution in [0.4, 0.5) is 14.6 Å². The van der Waals surface area contributed by atoms with Crippen molar-refractivity contribution >= 4 is 16.7 Å². The van der Waals surface area contributed by atoms with E-state index in [0.717, 1.165) is 22.2 Å². The summed E-state index contributed by atoms with van der Waals surface area (Å²) < 4.78 is 26.9. The Morgan fingerprint density at radius 3 is 2.61 bits per heavy atom. The Labute approximate surface area is 158 Å². The first-order chi connectivity index (χ1) is 13.6. The lowest BCUT2D eigenvalue weighted by Gasteiger charge is -2.32. The van der Waals surface area contributed by atoms with Gasteiger partial charge < -0.3 is 4.90 Å². The number of H-pyrrole nitrogens is 2. The Bertz CT molecular complexity index is 1110. The Morgan fingerprint density at radius 2 is 1.82 bits per heavy atom. The number of aromatic amines is 2. The Morgan fingerprint density at radius 1 is 0.964 bits per heavy atom. The average molecular weight is 381 g/mol. The van der Waals surface area contributed by atoms with Crippen LogP contribution in [0.1, 0.15) is 12.8 Å². The molecule has 1 aromatic carbocycles. The largest absolute Gasteiger partial charge is 0.356 e. The second-order valence-electron chi connectivity index (χ2n) is 6.90. The molecule has 5 rings (SSSR count). The minimum absolute atomic E-state index is 0.162. The van der Waals surface area contributed by atoms with Gasteiger partial charge in [0.2, 0.25) is 0 Å². The van der Waals surface area contributed by atoms with E-state index in [4.69, 9.17) is 0 Å². The van der Waals surface area contributed by atoms with Crippen LogP contribution in [-0.2, 0) is 0 Å². The van der Waals surface area contributed by atoms with Gasteiger partial charge in [0.05, 0.1) is 16.9 Å². The highest BCUT2D eigenvalue weighted by molar-refractivity contribution is 5.94. The highest BCUT2D eigenvalue weighted by atomic mass is 19.3. The molecule has 0 atom stereocenters. The molecule has 3 aromatic heterocycles. The smallest absolute Gasteiger partial charge is 0.251 e. The van der Waals surface area contributed by atoms with Gasteiger partial charge >= 0.3 is 0 Å². The first kappa shape index (κ1) is 16.8. The molecule has 4 aromatic rings. The van der Waals surface area contributed by atoms with E-state index in [0.29, 0.717) is 17.2 Å². The van der Waals surface area contributed by atoms with Gasteiger partial charge in [-0.1, -0.05) is 6.07 Å². The van der Waals surface area contributed by atoms with Crippen molar-refractivity contribution in [1.29, 1.82) is 0 Å². The molecule has 1 saturated heterocycles. The normalized spacial score (nSPS) is 16.6. The van der Waals surface area contributed by atoms with Crippen molar-refractivity contribution in [3.8, 4) is 22.6 Å². The van der Waals surface area contributed by atoms with E-state index in [-0.39, 0.29) is 25.9 Å². The van der Waals surface area contributed by atoms with Crippen molar-refractivity contribution in [2.24, 2.45) is 0 Å². The second kappa shape index (κ2) is 6.36. The van der Waals surface area contributed by atoms with E-state index < -0.39 is 5.92 Å². The summed E-state index contributed by atoms with van der Waals surface area (Å²) >= 11 is 0. The third-order valence-corrected chi connectivity index (χ3v) is 5.07. The van der Waals surface area contributed by atoms with E-state index in [1.165, 1.54) is 6.33 Å². The number of aromatic nitrogens is 6. The Balaban J connectivity index is 1.51. The van der Waals surface area contributed by atoms with Crippen LogP contribution in [0.15, 0.2) is 42.9 Å². The van der Waals surface area contributed by atoms with Crippen molar-refractivity contribution < 1.29 is 8.78 Å². The first-order valence-electron chi connectivity index (χ1n) is 9.03. The van der Waals surface area contributed by atoms with Crippen LogP contribution in [0, 0.1) is 0 Å². The molecule has 1 aliphatic rings. The molecule has 4 heterocycles. The molecule has 2 N–H and O–H groups in total. The molecule has 9 heteroatoms. The lowest BCUT2D eigenvalue weighted by molar-refractivity contribution is -0.0221. The van der Waals surface area contributed by atoms with Crippen LogP contribution in [0.2, 0.25) is 0 Å². The standard InChI is InChI=1S/C19H17F2N7/c20-19(21)4-7-28(8-5-19)17-10-16(22-11-23-17)18-13-9-12(14-3-6-24-25-14)1-2-15(13)26-27-18/h1-3,6,9-11H,4-5,7-8H2,(H,24,25)(H,26,27). The van der Waals surface area contributed by atoms with E-state index in [1.54, 1.807) is 12.3 Å². The number of hydrogen-bond acceptors (Lipinski definition) is 5. The zero-order valence-electron chi connectivity index (χ0n) is 14.9. The van der Waals surface area contributed by atoms with Gasteiger partial charge in [-0.2, -0.15) is 10.2 Å². The molecule has 0 aliphatic carbocycles. The maximum atomic E-state index is 13.4. The SMILES string of the molecule is FC1(F)CCN(c2cc(-c3n[nH]c4ccc(-c5cc[nH]n5)cc34)ncn2)CC1. The maximum Gasteiger partial charge on any atom is 0.251 e. The fourth-order valence-electron chi connectivity index (χ4n) is 3.50. The fourth-order valence-corrected chi connectivity index (χ4v) is 3.50. The summed E-state index contributed by atoms with van der Waals surface area (Å²) in [5.41, 5.74) is 4.02. The number of fused-ring (bicyclic) bond motifs is 1. The Hall–Kier alpha value is -3.36. The molecule has 1 aliphatic heterocycles. The van der Waals surface area contributed by atoms with Crippen LogP contribution in [-0.4, -0.2) is 49.4 Å². The molecular formula is C19H17F2N7. The van der Waals surface area contributed by atoms with Gasteiger partial charge in [0.1, 0.15) is 17.8 Å². The van der Waals surface area contributed by atoms with Gasteiger partial charge in [0.25, 0.3) is 5.92 Å². The lowest BCUT2D eigenvalue weighted by Crippen LogP contribution is -2.39. The first-order valence-corrected chi connectivity index (χ1v) is 9.03. The molecule has 7 nitrogen and oxygen atoms in total. The van der Waals surface area contributed by atoms with Crippen molar-refractivity contribution in [3.63, 3.8) is 0 Å². The highest BCUT2D eigenvalue weighted by Crippen LogP contribution is 2.32. The number of anilines is 1. The quantitative estimate of drug-likeness (QED) is 0.566. The van der Waals surface area contributed by atoms with Crippen LogP contribution in [0.5, 0.6) is 0 Å². The second-order valence-corrected chi connectivity index (χ2v) is 6.90. The van der Waals surface area contributed by atoms with E-state index in [1.807, 2.05) is 29.2 Å². The minimum Gasteiger partial charge on any atom is -0.356 e. The predicted octanol–water partition coefficient (Wildman–Crippen LogP) is 3.65. The maximum absolute atomic E-state index is 13.4. The molecule has 0 spiro atoms. The Kier molecular flexibility index (Phi) is 3.81. The summed E-state index contributed by atoms with van der Waals surface area (Å²) in [6.07, 6.45) is 2.90. The van der Waals surface area contributed by atoms with E-state index >= 15 is 0 Å². The van der Waals surface area contributed by atoms with Crippen LogP contribution in [0.3, 0.4) is 0 Å². The third kappa shape index (κ3) is 2.98. The summed E-state index contributed by atoms with van der Waals surface area (Å²) in [7, 11) is 0. The number of nitrogens with one attached hydrogen (secondary N) is 2. The number of piperidine rings is 1. The number of benzene rings is 1. The van der Waals surface area contributed by atoms with Gasteiger partial charge in [-0.3, -0.25) is 10.2 Å². The van der Waals surface area contributed by atoms with Gasteiger partial charge in [-0.25, -0.2) is 18.7 Å². The van der Waals surface area contributed by atoms with Crippen LogP contribution < -0.4 is 4.90 Å². The van der Waals surface area contributed by atoms with Crippen LogP contribution in [0.25, 0.3) is 33.5 Å². The van der Waals surface area contributed by atoms with Crippen molar-refractivity contribution in [2.45, 2.75) is 18.8 Å². The third-order valence-electron chi connectivity index (χ3n) is 5.07. The predicted molar refractivity (Wildman–Crippen MR) is 101 cm³/mol. The highest BCUT2D eigenvalue weighted by Gasteiger charge is 2.34. The van der Waals surface area contributed by atoms with Gasteiger partial charge in [-0.05, 0) is 18.2 Å². The molecular weight excluding hydrogens is 364 g/mol. The molecule has 28 heavy (non-hydrogen) atoms. The van der Waals surface area contributed by atoms with Crippen molar-refractivity contribution in [2.75, 3.05) is 18.0 Å². The number of hydrogen-bond donors (Lipinski definition) is 2. The van der Waals surface area contributed by atoms with Crippen LogP contribution >= 0.6 is 0 Å². The number of nitrogens with zero attached hydrogens (tertiary/aromatic N) is 5. The molecule has 0 bridgehead atoms. The molecule has 0 amide bonds. The lowest BCUT2D eigenvalue weighted by atomic mass is 10.1. The van der Waals surface area contributed by atoms with E-state index in [2.05, 4.69) is 30.4 Å². The summed E-state index contributed by atoms with van der Waals surface area (Å²) in [5, 5.41) is 15.4. The van der Waals surface area contributed by atoms with E-state index in [9.17, 15) is 8.78 Å². The molecule has 0 saturated carbocycles. The minimum atomic E-state index is -2.59. The molecule has 1 fully saturated rings. The summed E-state index contributed by atoms with van der Waals surface area (Å²) in [6, 6.07) is 9.63.